The Bertz CT molecular complexity index is 352. The minimum Gasteiger partial charge on any atom is -0.476 e. The average Bonchev–Trinajstić information content (AvgIpc) is 2.14. The molecule has 0 radical (unpaired) electrons. The third kappa shape index (κ3) is 2.51. The molecule has 0 saturated carbocycles. The van der Waals surface area contributed by atoms with Crippen LogP contribution in [0.5, 0.6) is 0 Å². The molecule has 90 valence electrons. The van der Waals surface area contributed by atoms with E-state index >= 15 is 0 Å². The number of hydrogen-bond acceptors (Lipinski definition) is 2. The maximum Gasteiger partial charge on any atom is 1.00 e. The quantitative estimate of drug-likeness (QED) is 0.490. The van der Waals surface area contributed by atoms with E-state index in [-0.39, 0.29) is 30.8 Å². The Kier molecular flexibility index (Phi) is 5.16. The molecule has 0 heterocycles. The predicted octanol–water partition coefficient (Wildman–Crippen LogP) is -0.597. The van der Waals surface area contributed by atoms with Gasteiger partial charge in [0.05, 0.1) is 0 Å². The third-order valence-electron chi connectivity index (χ3n) is 1.63. The molecule has 0 saturated heterocycles. The fourth-order valence-electron chi connectivity index (χ4n) is 0.630. The van der Waals surface area contributed by atoms with Crippen LogP contribution in [0, 0.1) is 22.5 Å². The number of nitrogens with zero attached hydrogens (tertiary/aromatic N) is 2. The summed E-state index contributed by atoms with van der Waals surface area (Å²) in [5, 5.41) is 15.5. The minimum absolute atomic E-state index is 0. The number of rotatable bonds is 2. The van der Waals surface area contributed by atoms with E-state index in [0.29, 0.717) is 0 Å². The van der Waals surface area contributed by atoms with Gasteiger partial charge in [0, 0.05) is 0 Å². The molecule has 0 N–H and O–H groups in total. The second kappa shape index (κ2) is 4.75. The summed E-state index contributed by atoms with van der Waals surface area (Å²) in [7, 11) is 0. The van der Waals surface area contributed by atoms with Crippen molar-refractivity contribution in [2.45, 2.75) is 17.9 Å². The molecular weight excluding hydrogens is 258 g/mol. The summed E-state index contributed by atoms with van der Waals surface area (Å²) < 4.78 is 96.6. The van der Waals surface area contributed by atoms with Crippen LogP contribution >= 0.6 is 0 Å². The fraction of sp³-hybridized carbons (Fsp3) is 0.600. The van der Waals surface area contributed by atoms with Crippen LogP contribution in [-0.2, 0) is 0 Å². The molecule has 0 fully saturated rings. The van der Waals surface area contributed by atoms with Crippen LogP contribution in [0.1, 0.15) is 0 Å². The first-order valence-corrected chi connectivity index (χ1v) is 3.35. The maximum absolute atomic E-state index is 12.7. The van der Waals surface area contributed by atoms with Gasteiger partial charge in [0.2, 0.25) is 0 Å². The third-order valence-corrected chi connectivity index (χ3v) is 1.63. The number of halogens is 8. The number of alkyl halides is 7. The summed E-state index contributed by atoms with van der Waals surface area (Å²) in [6.07, 6.45) is -12.8. The molecule has 0 aromatic rings. The molecule has 0 aromatic heterocycles. The molecule has 0 atom stereocenters. The van der Waals surface area contributed by atoms with Crippen LogP contribution in [-0.4, -0.2) is 24.3 Å². The smallest absolute Gasteiger partial charge is 0.476 e. The average molecular weight is 258 g/mol. The summed E-state index contributed by atoms with van der Waals surface area (Å²) >= 11 is 0. The van der Waals surface area contributed by atoms with Crippen molar-refractivity contribution >= 4 is 6.42 Å². The standard InChI is InChI=1S/C5BF8N2.Li/c7-3(8,5(11,12)13)4(9,10)6(14,1-15)2-16;/q-1;+1. The van der Waals surface area contributed by atoms with Gasteiger partial charge >= 0.3 is 37.4 Å². The van der Waals surface area contributed by atoms with E-state index in [1.165, 1.54) is 0 Å². The predicted molar refractivity (Wildman–Crippen MR) is 34.0 cm³/mol. The van der Waals surface area contributed by atoms with E-state index < -0.39 is 24.3 Å². The van der Waals surface area contributed by atoms with E-state index in [0.717, 1.165) is 0 Å². The first-order chi connectivity index (χ1) is 6.87. The van der Waals surface area contributed by atoms with E-state index in [9.17, 15) is 35.0 Å². The van der Waals surface area contributed by atoms with Crippen molar-refractivity contribution in [3.05, 3.63) is 0 Å². The van der Waals surface area contributed by atoms with Gasteiger partial charge in [-0.3, -0.25) is 0 Å². The Labute approximate surface area is 101 Å². The topological polar surface area (TPSA) is 47.6 Å². The normalized spacial score (nSPS) is 13.3. The van der Waals surface area contributed by atoms with Crippen molar-refractivity contribution in [2.75, 3.05) is 0 Å². The van der Waals surface area contributed by atoms with Crippen LogP contribution in [0.3, 0.4) is 0 Å². The van der Waals surface area contributed by atoms with Gasteiger partial charge in [0.15, 0.2) is 0 Å². The van der Waals surface area contributed by atoms with Gasteiger partial charge in [0.1, 0.15) is 0 Å². The zero-order valence-corrected chi connectivity index (χ0v) is 8.00. The number of nitriles is 2. The van der Waals surface area contributed by atoms with Crippen molar-refractivity contribution in [3.63, 3.8) is 0 Å². The Morgan fingerprint density at radius 3 is 1.29 bits per heavy atom. The minimum atomic E-state index is -6.81. The van der Waals surface area contributed by atoms with Crippen LogP contribution in [0.2, 0.25) is 0 Å². The van der Waals surface area contributed by atoms with Crippen LogP contribution in [0.4, 0.5) is 35.0 Å². The van der Waals surface area contributed by atoms with Gasteiger partial charge < -0.3 is 4.32 Å². The summed E-state index contributed by atoms with van der Waals surface area (Å²) in [5.74, 6) is -13.6. The van der Waals surface area contributed by atoms with E-state index in [4.69, 9.17) is 10.5 Å². The molecule has 0 amide bonds. The zero-order valence-electron chi connectivity index (χ0n) is 8.00. The SMILES string of the molecule is N#C[B-](F)(C#N)C(F)(F)C(F)(F)C(F)(F)F.[Li+]. The summed E-state index contributed by atoms with van der Waals surface area (Å²) in [6, 6.07) is 0. The molecule has 0 aliphatic rings. The molecule has 0 bridgehead atoms. The van der Waals surface area contributed by atoms with Gasteiger partial charge in [-0.15, -0.1) is 0 Å². The number of hydrogen-bond donors (Lipinski definition) is 0. The molecule has 0 aliphatic carbocycles. The second-order valence-electron chi connectivity index (χ2n) is 2.71. The largest absolute Gasteiger partial charge is 1.00 e. The summed E-state index contributed by atoms with van der Waals surface area (Å²) in [5.41, 5.74) is 0. The Morgan fingerprint density at radius 1 is 0.824 bits per heavy atom. The second-order valence-corrected chi connectivity index (χ2v) is 2.71. The van der Waals surface area contributed by atoms with Crippen LogP contribution in [0.25, 0.3) is 0 Å². The Morgan fingerprint density at radius 2 is 1.12 bits per heavy atom. The molecule has 0 rings (SSSR count). The molecule has 17 heavy (non-hydrogen) atoms. The summed E-state index contributed by atoms with van der Waals surface area (Å²) in [6.45, 7) is 0. The van der Waals surface area contributed by atoms with Crippen molar-refractivity contribution < 1.29 is 53.9 Å². The Balaban J connectivity index is 0. The maximum atomic E-state index is 12.7. The van der Waals surface area contributed by atoms with E-state index in [2.05, 4.69) is 0 Å². The molecule has 12 heteroatoms. The van der Waals surface area contributed by atoms with Crippen molar-refractivity contribution in [2.24, 2.45) is 0 Å². The Hall–Kier alpha value is -0.918. The van der Waals surface area contributed by atoms with Crippen LogP contribution < -0.4 is 18.9 Å². The molecule has 0 unspecified atom stereocenters. The van der Waals surface area contributed by atoms with Gasteiger partial charge in [-0.25, -0.2) is 19.3 Å². The fourth-order valence-corrected chi connectivity index (χ4v) is 0.630. The van der Waals surface area contributed by atoms with E-state index in [1.54, 1.807) is 0 Å². The van der Waals surface area contributed by atoms with Gasteiger partial charge in [0.25, 0.3) is 5.82 Å². The van der Waals surface area contributed by atoms with Crippen molar-refractivity contribution in [1.29, 1.82) is 10.5 Å². The van der Waals surface area contributed by atoms with Gasteiger partial charge in [-0.2, -0.15) is 22.0 Å². The monoisotopic (exact) mass is 258 g/mol. The molecule has 0 aromatic carbocycles. The first kappa shape index (κ1) is 18.4. The molecule has 0 spiro atoms. The molecular formula is C5BF8LiN2. The van der Waals surface area contributed by atoms with Crippen molar-refractivity contribution in [3.8, 4) is 11.9 Å². The van der Waals surface area contributed by atoms with Crippen molar-refractivity contribution in [1.82, 2.24) is 0 Å². The molecule has 2 nitrogen and oxygen atoms in total. The van der Waals surface area contributed by atoms with E-state index in [1.807, 2.05) is 0 Å². The molecule has 0 aliphatic heterocycles. The summed E-state index contributed by atoms with van der Waals surface area (Å²) in [4.78, 5) is 0. The van der Waals surface area contributed by atoms with Gasteiger partial charge in [-0.05, 0) is 0 Å². The van der Waals surface area contributed by atoms with Gasteiger partial charge in [-0.1, -0.05) is 11.9 Å². The zero-order chi connectivity index (χ0) is 13.4. The van der Waals surface area contributed by atoms with Crippen LogP contribution in [0.15, 0.2) is 0 Å². The first-order valence-electron chi connectivity index (χ1n) is 3.35.